The molecule has 2 amide bonds. The summed E-state index contributed by atoms with van der Waals surface area (Å²) >= 11 is 0. The fourth-order valence-corrected chi connectivity index (χ4v) is 2.45. The zero-order valence-electron chi connectivity index (χ0n) is 12.8. The van der Waals surface area contributed by atoms with Crippen molar-refractivity contribution in [1.29, 1.82) is 0 Å². The second kappa shape index (κ2) is 7.47. The number of piperidine rings is 1. The van der Waals surface area contributed by atoms with E-state index in [0.29, 0.717) is 26.1 Å². The number of carbonyl (C=O) groups excluding carboxylic acids is 1. The van der Waals surface area contributed by atoms with Gasteiger partial charge in [0.1, 0.15) is 0 Å². The van der Waals surface area contributed by atoms with Gasteiger partial charge < -0.3 is 20.2 Å². The predicted molar refractivity (Wildman–Crippen MR) is 77.7 cm³/mol. The molecule has 0 aliphatic carbocycles. The Hall–Kier alpha value is -1.30. The summed E-state index contributed by atoms with van der Waals surface area (Å²) in [5.74, 6) is -0.819. The molecule has 0 aromatic rings. The number of unbranched alkanes of at least 4 members (excludes halogenated alkanes) is 1. The molecule has 20 heavy (non-hydrogen) atoms. The smallest absolute Gasteiger partial charge is 0.317 e. The number of amides is 2. The van der Waals surface area contributed by atoms with Crippen LogP contribution in [0.1, 0.15) is 32.6 Å². The first-order valence-electron chi connectivity index (χ1n) is 7.26. The van der Waals surface area contributed by atoms with E-state index in [2.05, 4.69) is 10.2 Å². The number of nitrogens with zero attached hydrogens (tertiary/aromatic N) is 2. The summed E-state index contributed by atoms with van der Waals surface area (Å²) in [4.78, 5) is 27.0. The Bertz CT molecular complexity index is 347. The first-order valence-corrected chi connectivity index (χ1v) is 7.26. The standard InChI is InChI=1S/C14H27N3O3/c1-14(12(18)19)7-6-10-17(11-14)13(20)15-8-4-5-9-16(2)3/h4-11H2,1-3H3,(H,15,20)(H,18,19). The van der Waals surface area contributed by atoms with Crippen molar-refractivity contribution >= 4 is 12.0 Å². The third-order valence-electron chi connectivity index (χ3n) is 3.81. The average molecular weight is 285 g/mol. The van der Waals surface area contributed by atoms with Gasteiger partial charge in [0.05, 0.1) is 5.41 Å². The highest BCUT2D eigenvalue weighted by Crippen LogP contribution is 2.29. The SMILES string of the molecule is CN(C)CCCCNC(=O)N1CCCC(C)(C(=O)O)C1. The Balaban J connectivity index is 2.31. The van der Waals surface area contributed by atoms with E-state index >= 15 is 0 Å². The number of carboxylic acids is 1. The van der Waals surface area contributed by atoms with Gasteiger partial charge in [-0.3, -0.25) is 4.79 Å². The van der Waals surface area contributed by atoms with Crippen molar-refractivity contribution in [2.24, 2.45) is 5.41 Å². The first-order chi connectivity index (χ1) is 9.35. The molecule has 116 valence electrons. The van der Waals surface area contributed by atoms with Gasteiger partial charge in [0.25, 0.3) is 0 Å². The highest BCUT2D eigenvalue weighted by atomic mass is 16.4. The second-order valence-electron chi connectivity index (χ2n) is 6.13. The van der Waals surface area contributed by atoms with E-state index in [9.17, 15) is 14.7 Å². The Morgan fingerprint density at radius 2 is 2.05 bits per heavy atom. The molecule has 2 N–H and O–H groups in total. The summed E-state index contributed by atoms with van der Waals surface area (Å²) in [7, 11) is 4.05. The zero-order valence-corrected chi connectivity index (χ0v) is 12.8. The van der Waals surface area contributed by atoms with Crippen molar-refractivity contribution in [1.82, 2.24) is 15.1 Å². The molecular formula is C14H27N3O3. The van der Waals surface area contributed by atoms with E-state index in [1.165, 1.54) is 0 Å². The number of carboxylic acid groups (broad SMARTS) is 1. The number of rotatable bonds is 6. The summed E-state index contributed by atoms with van der Waals surface area (Å²) in [6.07, 6.45) is 3.36. The monoisotopic (exact) mass is 285 g/mol. The maximum Gasteiger partial charge on any atom is 0.317 e. The van der Waals surface area contributed by atoms with Crippen LogP contribution in [0, 0.1) is 5.41 Å². The van der Waals surface area contributed by atoms with Crippen molar-refractivity contribution in [2.45, 2.75) is 32.6 Å². The Morgan fingerprint density at radius 1 is 1.35 bits per heavy atom. The quantitative estimate of drug-likeness (QED) is 0.720. The maximum absolute atomic E-state index is 12.0. The largest absolute Gasteiger partial charge is 0.481 e. The molecule has 6 heteroatoms. The third-order valence-corrected chi connectivity index (χ3v) is 3.81. The van der Waals surface area contributed by atoms with Gasteiger partial charge in [0.2, 0.25) is 0 Å². The van der Waals surface area contributed by atoms with Gasteiger partial charge in [-0.15, -0.1) is 0 Å². The number of aliphatic carboxylic acids is 1. The molecule has 6 nitrogen and oxygen atoms in total. The fourth-order valence-electron chi connectivity index (χ4n) is 2.45. The van der Waals surface area contributed by atoms with Crippen LogP contribution in [0.2, 0.25) is 0 Å². The van der Waals surface area contributed by atoms with Gasteiger partial charge in [0, 0.05) is 19.6 Å². The van der Waals surface area contributed by atoms with Crippen LogP contribution in [0.3, 0.4) is 0 Å². The lowest BCUT2D eigenvalue weighted by Crippen LogP contribution is -2.51. The number of hydrogen-bond acceptors (Lipinski definition) is 3. The van der Waals surface area contributed by atoms with E-state index in [1.54, 1.807) is 11.8 Å². The molecule has 1 aliphatic rings. The van der Waals surface area contributed by atoms with E-state index in [1.807, 2.05) is 14.1 Å². The molecule has 1 rings (SSSR count). The number of hydrogen-bond donors (Lipinski definition) is 2. The molecule has 0 aromatic heterocycles. The Morgan fingerprint density at radius 3 is 2.65 bits per heavy atom. The van der Waals surface area contributed by atoms with Crippen molar-refractivity contribution in [3.63, 3.8) is 0 Å². The number of urea groups is 1. The average Bonchev–Trinajstić information content (AvgIpc) is 2.37. The molecule has 1 aliphatic heterocycles. The van der Waals surface area contributed by atoms with Crippen molar-refractivity contribution < 1.29 is 14.7 Å². The highest BCUT2D eigenvalue weighted by Gasteiger charge is 2.39. The summed E-state index contributed by atoms with van der Waals surface area (Å²) in [5.41, 5.74) is -0.805. The molecule has 1 heterocycles. The Kier molecular flexibility index (Phi) is 6.26. The Labute approximate surface area is 121 Å². The molecule has 0 spiro atoms. The van der Waals surface area contributed by atoms with Crippen LogP contribution in [0.4, 0.5) is 4.79 Å². The van der Waals surface area contributed by atoms with Gasteiger partial charge >= 0.3 is 12.0 Å². The molecule has 1 fully saturated rings. The normalized spacial score (nSPS) is 22.9. The minimum Gasteiger partial charge on any atom is -0.481 e. The van der Waals surface area contributed by atoms with Crippen molar-refractivity contribution in [3.05, 3.63) is 0 Å². The second-order valence-corrected chi connectivity index (χ2v) is 6.13. The van der Waals surface area contributed by atoms with Gasteiger partial charge in [-0.2, -0.15) is 0 Å². The number of nitrogens with one attached hydrogen (secondary N) is 1. The minimum atomic E-state index is -0.819. The number of likely N-dealkylation sites (tertiary alicyclic amines) is 1. The van der Waals surface area contributed by atoms with Gasteiger partial charge in [-0.05, 0) is 53.2 Å². The van der Waals surface area contributed by atoms with Crippen LogP contribution in [0.5, 0.6) is 0 Å². The van der Waals surface area contributed by atoms with Crippen molar-refractivity contribution in [2.75, 3.05) is 40.3 Å². The van der Waals surface area contributed by atoms with Gasteiger partial charge in [-0.25, -0.2) is 4.79 Å². The molecular weight excluding hydrogens is 258 g/mol. The van der Waals surface area contributed by atoms with E-state index < -0.39 is 11.4 Å². The molecule has 0 saturated carbocycles. The lowest BCUT2D eigenvalue weighted by molar-refractivity contribution is -0.150. The molecule has 0 radical (unpaired) electrons. The highest BCUT2D eigenvalue weighted by molar-refractivity contribution is 5.78. The molecule has 1 saturated heterocycles. The molecule has 1 atom stereocenters. The lowest BCUT2D eigenvalue weighted by Gasteiger charge is -2.37. The van der Waals surface area contributed by atoms with Gasteiger partial charge in [-0.1, -0.05) is 0 Å². The third kappa shape index (κ3) is 5.00. The van der Waals surface area contributed by atoms with Crippen LogP contribution < -0.4 is 5.32 Å². The number of carbonyl (C=O) groups is 2. The van der Waals surface area contributed by atoms with Crippen LogP contribution in [0.25, 0.3) is 0 Å². The lowest BCUT2D eigenvalue weighted by atomic mass is 9.82. The van der Waals surface area contributed by atoms with Crippen LogP contribution >= 0.6 is 0 Å². The van der Waals surface area contributed by atoms with Crippen LogP contribution in [-0.4, -0.2) is 67.2 Å². The summed E-state index contributed by atoms with van der Waals surface area (Å²) in [5, 5.41) is 12.1. The molecule has 0 aromatic carbocycles. The van der Waals surface area contributed by atoms with E-state index in [0.717, 1.165) is 25.8 Å². The molecule has 1 unspecified atom stereocenters. The minimum absolute atomic E-state index is 0.137. The van der Waals surface area contributed by atoms with Gasteiger partial charge in [0.15, 0.2) is 0 Å². The van der Waals surface area contributed by atoms with E-state index in [-0.39, 0.29) is 6.03 Å². The zero-order chi connectivity index (χ0) is 15.2. The first kappa shape index (κ1) is 16.8. The van der Waals surface area contributed by atoms with Crippen molar-refractivity contribution in [3.8, 4) is 0 Å². The van der Waals surface area contributed by atoms with Crippen LogP contribution in [-0.2, 0) is 4.79 Å². The fraction of sp³-hybridized carbons (Fsp3) is 0.857. The van der Waals surface area contributed by atoms with Crippen LogP contribution in [0.15, 0.2) is 0 Å². The maximum atomic E-state index is 12.0. The summed E-state index contributed by atoms with van der Waals surface area (Å²) < 4.78 is 0. The molecule has 0 bridgehead atoms. The van der Waals surface area contributed by atoms with E-state index in [4.69, 9.17) is 0 Å². The summed E-state index contributed by atoms with van der Waals surface area (Å²) in [6, 6.07) is -0.137. The predicted octanol–water partition coefficient (Wildman–Crippen LogP) is 1.22. The summed E-state index contributed by atoms with van der Waals surface area (Å²) in [6.45, 7) is 4.31. The topological polar surface area (TPSA) is 72.9 Å².